The first-order chi connectivity index (χ1) is 15.7. The van der Waals surface area contributed by atoms with E-state index >= 15 is 0 Å². The Hall–Kier alpha value is -2.97. The van der Waals surface area contributed by atoms with E-state index in [-0.39, 0.29) is 29.6 Å². The van der Waals surface area contributed by atoms with E-state index < -0.39 is 0 Å². The lowest BCUT2D eigenvalue weighted by Gasteiger charge is -2.18. The number of nitrogens with zero attached hydrogens (tertiary/aromatic N) is 3. The number of rotatable bonds is 8. The van der Waals surface area contributed by atoms with Crippen LogP contribution in [0.4, 0.5) is 4.39 Å². The fraction of sp³-hybridized carbons (Fsp3) is 0.208. The molecule has 0 saturated heterocycles. The van der Waals surface area contributed by atoms with E-state index in [9.17, 15) is 9.18 Å². The zero-order valence-corrected chi connectivity index (χ0v) is 18.8. The molecule has 0 radical (unpaired) electrons. The Morgan fingerprint density at radius 1 is 1.09 bits per heavy atom. The second kappa shape index (κ2) is 9.26. The van der Waals surface area contributed by atoms with Crippen molar-refractivity contribution >= 4 is 29.0 Å². The molecule has 5 nitrogen and oxygen atoms in total. The molecular formula is C24H21FN4OS2. The molecule has 1 aliphatic rings. The smallest absolute Gasteiger partial charge is 0.231 e. The Balaban J connectivity index is 1.33. The van der Waals surface area contributed by atoms with Crippen LogP contribution in [0.5, 0.6) is 0 Å². The van der Waals surface area contributed by atoms with Gasteiger partial charge in [0.1, 0.15) is 5.82 Å². The molecular weight excluding hydrogens is 443 g/mol. The van der Waals surface area contributed by atoms with E-state index in [1.54, 1.807) is 29.5 Å². The van der Waals surface area contributed by atoms with Crippen molar-refractivity contribution in [2.24, 2.45) is 0 Å². The number of thiophene rings is 1. The Kier molecular flexibility index (Phi) is 6.05. The molecule has 2 aromatic carbocycles. The minimum absolute atomic E-state index is 0.0879. The van der Waals surface area contributed by atoms with Crippen LogP contribution in [0.3, 0.4) is 0 Å². The topological polar surface area (TPSA) is 59.8 Å². The summed E-state index contributed by atoms with van der Waals surface area (Å²) in [6, 6.07) is 20.6. The molecule has 1 amide bonds. The summed E-state index contributed by atoms with van der Waals surface area (Å²) in [5.41, 5.74) is 1.47. The van der Waals surface area contributed by atoms with Crippen LogP contribution in [0.15, 0.2) is 77.3 Å². The lowest BCUT2D eigenvalue weighted by Crippen LogP contribution is -2.30. The summed E-state index contributed by atoms with van der Waals surface area (Å²) < 4.78 is 16.3. The molecule has 1 fully saturated rings. The monoisotopic (exact) mass is 464 g/mol. The third kappa shape index (κ3) is 4.47. The van der Waals surface area contributed by atoms with Gasteiger partial charge in [0.25, 0.3) is 0 Å². The van der Waals surface area contributed by atoms with Crippen LogP contribution in [-0.4, -0.2) is 26.4 Å². The second-order valence-electron chi connectivity index (χ2n) is 7.60. The van der Waals surface area contributed by atoms with Crippen LogP contribution < -0.4 is 5.32 Å². The third-order valence-corrected chi connectivity index (χ3v) is 7.17. The SMILES string of the molecule is O=C(CSc1nnc(-c2ccccc2F)n1C1CC1)N[C@H](c1ccccc1)c1cccs1. The highest BCUT2D eigenvalue weighted by Gasteiger charge is 2.31. The molecule has 0 spiro atoms. The highest BCUT2D eigenvalue weighted by molar-refractivity contribution is 7.99. The van der Waals surface area contributed by atoms with Gasteiger partial charge < -0.3 is 5.32 Å². The van der Waals surface area contributed by atoms with Gasteiger partial charge in [0.15, 0.2) is 11.0 Å². The van der Waals surface area contributed by atoms with Gasteiger partial charge in [-0.15, -0.1) is 21.5 Å². The lowest BCUT2D eigenvalue weighted by molar-refractivity contribution is -0.119. The summed E-state index contributed by atoms with van der Waals surface area (Å²) in [6.07, 6.45) is 2.02. The standard InChI is InChI=1S/C24H21FN4OS2/c25-19-10-5-4-9-18(19)23-27-28-24(29(23)17-12-13-17)32-15-21(30)26-22(20-11-6-14-31-20)16-7-2-1-3-8-16/h1-11,14,17,22H,12-13,15H2,(H,26,30)/t22-/m1/s1. The fourth-order valence-electron chi connectivity index (χ4n) is 3.62. The quantitative estimate of drug-likeness (QED) is 0.351. The number of thioether (sulfide) groups is 1. The van der Waals surface area contributed by atoms with E-state index in [1.165, 1.54) is 17.8 Å². The van der Waals surface area contributed by atoms with Gasteiger partial charge in [-0.25, -0.2) is 4.39 Å². The summed E-state index contributed by atoms with van der Waals surface area (Å²) in [4.78, 5) is 14.0. The molecule has 162 valence electrons. The van der Waals surface area contributed by atoms with Gasteiger partial charge in [-0.05, 0) is 42.0 Å². The average Bonchev–Trinajstić information content (AvgIpc) is 3.33. The molecule has 1 N–H and O–H groups in total. The maximum absolute atomic E-state index is 14.4. The number of aromatic nitrogens is 3. The van der Waals surface area contributed by atoms with Gasteiger partial charge in [0.2, 0.25) is 5.91 Å². The Morgan fingerprint density at radius 3 is 2.59 bits per heavy atom. The van der Waals surface area contributed by atoms with Crippen molar-refractivity contribution in [3.8, 4) is 11.4 Å². The highest BCUT2D eigenvalue weighted by atomic mass is 32.2. The first-order valence-corrected chi connectivity index (χ1v) is 12.3. The number of halogens is 1. The molecule has 0 bridgehead atoms. The summed E-state index contributed by atoms with van der Waals surface area (Å²) >= 11 is 2.95. The number of carbonyl (C=O) groups is 1. The van der Waals surface area contributed by atoms with Crippen LogP contribution in [-0.2, 0) is 4.79 Å². The van der Waals surface area contributed by atoms with E-state index in [4.69, 9.17) is 0 Å². The van der Waals surface area contributed by atoms with E-state index in [1.807, 2.05) is 52.4 Å². The first kappa shape index (κ1) is 20.9. The molecule has 0 aliphatic heterocycles. The molecule has 0 unspecified atom stereocenters. The molecule has 2 heterocycles. The predicted molar refractivity (Wildman–Crippen MR) is 125 cm³/mol. The molecule has 32 heavy (non-hydrogen) atoms. The fourth-order valence-corrected chi connectivity index (χ4v) is 5.24. The number of amides is 1. The zero-order valence-electron chi connectivity index (χ0n) is 17.1. The second-order valence-corrected chi connectivity index (χ2v) is 9.52. The number of carbonyl (C=O) groups excluding carboxylic acids is 1. The maximum Gasteiger partial charge on any atom is 0.231 e. The molecule has 1 saturated carbocycles. The Labute approximate surface area is 193 Å². The lowest BCUT2D eigenvalue weighted by atomic mass is 10.1. The summed E-state index contributed by atoms with van der Waals surface area (Å²) in [5, 5.41) is 14.3. The number of nitrogens with one attached hydrogen (secondary N) is 1. The van der Waals surface area contributed by atoms with Gasteiger partial charge in [0.05, 0.1) is 17.4 Å². The van der Waals surface area contributed by atoms with E-state index in [0.717, 1.165) is 23.3 Å². The molecule has 1 aliphatic carbocycles. The van der Waals surface area contributed by atoms with Crippen LogP contribution >= 0.6 is 23.1 Å². The normalized spacial score (nSPS) is 14.3. The van der Waals surface area contributed by atoms with Crippen LogP contribution in [0.1, 0.15) is 35.4 Å². The van der Waals surface area contributed by atoms with Crippen molar-refractivity contribution in [3.05, 3.63) is 88.4 Å². The van der Waals surface area contributed by atoms with Gasteiger partial charge >= 0.3 is 0 Å². The summed E-state index contributed by atoms with van der Waals surface area (Å²) in [7, 11) is 0. The number of hydrogen-bond donors (Lipinski definition) is 1. The molecule has 8 heteroatoms. The van der Waals surface area contributed by atoms with Gasteiger partial charge in [-0.2, -0.15) is 0 Å². The van der Waals surface area contributed by atoms with Gasteiger partial charge in [-0.1, -0.05) is 60.3 Å². The van der Waals surface area contributed by atoms with Crippen LogP contribution in [0, 0.1) is 5.82 Å². The maximum atomic E-state index is 14.4. The van der Waals surface area contributed by atoms with Crippen LogP contribution in [0.2, 0.25) is 0 Å². The van der Waals surface area contributed by atoms with Gasteiger partial charge in [0, 0.05) is 10.9 Å². The highest BCUT2D eigenvalue weighted by Crippen LogP contribution is 2.41. The molecule has 5 rings (SSSR count). The van der Waals surface area contributed by atoms with Crippen LogP contribution in [0.25, 0.3) is 11.4 Å². The molecule has 1 atom stereocenters. The van der Waals surface area contributed by atoms with Crippen molar-refractivity contribution in [2.45, 2.75) is 30.1 Å². The van der Waals surface area contributed by atoms with Crippen molar-refractivity contribution < 1.29 is 9.18 Å². The zero-order chi connectivity index (χ0) is 21.9. The largest absolute Gasteiger partial charge is 0.344 e. The minimum atomic E-state index is -0.322. The summed E-state index contributed by atoms with van der Waals surface area (Å²) in [6.45, 7) is 0. The average molecular weight is 465 g/mol. The number of benzene rings is 2. The molecule has 2 aromatic heterocycles. The summed E-state index contributed by atoms with van der Waals surface area (Å²) in [5.74, 6) is 0.318. The number of hydrogen-bond acceptors (Lipinski definition) is 5. The Bertz CT molecular complexity index is 1210. The van der Waals surface area contributed by atoms with E-state index in [0.29, 0.717) is 16.5 Å². The molecule has 4 aromatic rings. The van der Waals surface area contributed by atoms with Crippen molar-refractivity contribution in [3.63, 3.8) is 0 Å². The van der Waals surface area contributed by atoms with Crippen molar-refractivity contribution in [1.82, 2.24) is 20.1 Å². The van der Waals surface area contributed by atoms with Crippen molar-refractivity contribution in [2.75, 3.05) is 5.75 Å². The third-order valence-electron chi connectivity index (χ3n) is 5.29. The van der Waals surface area contributed by atoms with Gasteiger partial charge in [-0.3, -0.25) is 9.36 Å². The predicted octanol–water partition coefficient (Wildman–Crippen LogP) is 5.48. The minimum Gasteiger partial charge on any atom is -0.344 e. The van der Waals surface area contributed by atoms with E-state index in [2.05, 4.69) is 15.5 Å². The van der Waals surface area contributed by atoms with Crippen molar-refractivity contribution in [1.29, 1.82) is 0 Å². The first-order valence-electron chi connectivity index (χ1n) is 10.4. The Morgan fingerprint density at radius 2 is 1.88 bits per heavy atom.